The van der Waals surface area contributed by atoms with E-state index in [9.17, 15) is 0 Å². The van der Waals surface area contributed by atoms with Gasteiger partial charge in [0.2, 0.25) is 0 Å². The van der Waals surface area contributed by atoms with E-state index < -0.39 is 0 Å². The van der Waals surface area contributed by atoms with E-state index in [1.165, 1.54) is 5.56 Å². The lowest BCUT2D eigenvalue weighted by molar-refractivity contribution is 0.538. The lowest BCUT2D eigenvalue weighted by Crippen LogP contribution is -2.18. The molecule has 0 aromatic carbocycles. The largest absolute Gasteiger partial charge is 0.260 e. The smallest absolute Gasteiger partial charge is 0.135 e. The maximum atomic E-state index is 6.19. The second kappa shape index (κ2) is 4.81. The quantitative estimate of drug-likeness (QED) is 0.747. The summed E-state index contributed by atoms with van der Waals surface area (Å²) in [6, 6.07) is 6.02. The Kier molecular flexibility index (Phi) is 3.25. The molecular weight excluding hydrogens is 270 g/mol. The molecule has 1 aliphatic carbocycles. The Morgan fingerprint density at radius 2 is 2.05 bits per heavy atom. The van der Waals surface area contributed by atoms with Gasteiger partial charge in [-0.3, -0.25) is 4.98 Å². The van der Waals surface area contributed by atoms with Crippen molar-refractivity contribution in [1.82, 2.24) is 15.0 Å². The molecule has 3 rings (SSSR count). The lowest BCUT2D eigenvalue weighted by Gasteiger charge is -2.19. The minimum atomic E-state index is -0.106. The Labute approximate surface area is 124 Å². The Morgan fingerprint density at radius 3 is 2.80 bits per heavy atom. The van der Waals surface area contributed by atoms with Crippen LogP contribution < -0.4 is 0 Å². The maximum absolute atomic E-state index is 6.19. The van der Waals surface area contributed by atoms with Crippen LogP contribution in [-0.2, 0) is 11.8 Å². The standard InChI is InChI=1S/C16H18ClN3/c1-16(2,3)15-19-12(9-13(17)20-15)11-7-6-10-5-4-8-18-14(10)11/h4-5,8-9,11H,6-7H2,1-3H3. The lowest BCUT2D eigenvalue weighted by atomic mass is 9.94. The summed E-state index contributed by atoms with van der Waals surface area (Å²) >= 11 is 6.19. The highest BCUT2D eigenvalue weighted by atomic mass is 35.5. The van der Waals surface area contributed by atoms with Crippen molar-refractivity contribution in [1.29, 1.82) is 0 Å². The monoisotopic (exact) mass is 287 g/mol. The molecule has 3 nitrogen and oxygen atoms in total. The fourth-order valence-corrected chi connectivity index (χ4v) is 2.84. The molecule has 0 amide bonds. The molecule has 2 aromatic rings. The molecule has 0 radical (unpaired) electrons. The molecule has 2 heterocycles. The van der Waals surface area contributed by atoms with E-state index in [-0.39, 0.29) is 11.3 Å². The third kappa shape index (κ3) is 2.42. The third-order valence-corrected chi connectivity index (χ3v) is 3.89. The summed E-state index contributed by atoms with van der Waals surface area (Å²) in [5.74, 6) is 1.04. The van der Waals surface area contributed by atoms with Crippen LogP contribution in [0.15, 0.2) is 24.4 Å². The number of fused-ring (bicyclic) bond motifs is 1. The Morgan fingerprint density at radius 1 is 1.25 bits per heavy atom. The van der Waals surface area contributed by atoms with Crippen LogP contribution in [0.3, 0.4) is 0 Å². The highest BCUT2D eigenvalue weighted by Crippen LogP contribution is 2.36. The molecule has 0 aliphatic heterocycles. The average molecular weight is 288 g/mol. The van der Waals surface area contributed by atoms with E-state index in [1.54, 1.807) is 0 Å². The van der Waals surface area contributed by atoms with Crippen molar-refractivity contribution in [3.8, 4) is 0 Å². The maximum Gasteiger partial charge on any atom is 0.135 e. The summed E-state index contributed by atoms with van der Waals surface area (Å²) in [5, 5.41) is 0.518. The van der Waals surface area contributed by atoms with Crippen LogP contribution in [0.5, 0.6) is 0 Å². The van der Waals surface area contributed by atoms with Crippen molar-refractivity contribution < 1.29 is 0 Å². The first-order valence-corrected chi connectivity index (χ1v) is 7.32. The number of halogens is 1. The van der Waals surface area contributed by atoms with Gasteiger partial charge in [-0.1, -0.05) is 38.4 Å². The fourth-order valence-electron chi connectivity index (χ4n) is 2.65. The second-order valence-electron chi connectivity index (χ2n) is 6.33. The zero-order valence-corrected chi connectivity index (χ0v) is 12.8. The highest BCUT2D eigenvalue weighted by molar-refractivity contribution is 6.29. The molecule has 104 valence electrons. The van der Waals surface area contributed by atoms with Crippen molar-refractivity contribution in [3.05, 3.63) is 52.3 Å². The van der Waals surface area contributed by atoms with E-state index in [0.29, 0.717) is 5.15 Å². The number of hydrogen-bond donors (Lipinski definition) is 0. The molecule has 0 saturated heterocycles. The SMILES string of the molecule is CC(C)(C)c1nc(Cl)cc(C2CCc3cccnc32)n1. The van der Waals surface area contributed by atoms with Gasteiger partial charge < -0.3 is 0 Å². The summed E-state index contributed by atoms with van der Waals surface area (Å²) < 4.78 is 0. The van der Waals surface area contributed by atoms with Crippen molar-refractivity contribution in [2.75, 3.05) is 0 Å². The molecule has 20 heavy (non-hydrogen) atoms. The van der Waals surface area contributed by atoms with Gasteiger partial charge in [-0.15, -0.1) is 0 Å². The second-order valence-corrected chi connectivity index (χ2v) is 6.72. The third-order valence-electron chi connectivity index (χ3n) is 3.70. The topological polar surface area (TPSA) is 38.7 Å². The van der Waals surface area contributed by atoms with Gasteiger partial charge in [-0.05, 0) is 30.5 Å². The van der Waals surface area contributed by atoms with Gasteiger partial charge in [0.05, 0.1) is 11.4 Å². The van der Waals surface area contributed by atoms with Gasteiger partial charge >= 0.3 is 0 Å². The van der Waals surface area contributed by atoms with Gasteiger partial charge in [-0.25, -0.2) is 9.97 Å². The van der Waals surface area contributed by atoms with Crippen LogP contribution >= 0.6 is 11.6 Å². The average Bonchev–Trinajstić information content (AvgIpc) is 2.80. The summed E-state index contributed by atoms with van der Waals surface area (Å²) in [6.45, 7) is 6.30. The van der Waals surface area contributed by atoms with Gasteiger partial charge in [0.1, 0.15) is 11.0 Å². The molecular formula is C16H18ClN3. The van der Waals surface area contributed by atoms with Crippen LogP contribution in [0.25, 0.3) is 0 Å². The van der Waals surface area contributed by atoms with Crippen molar-refractivity contribution in [2.45, 2.75) is 44.9 Å². The van der Waals surface area contributed by atoms with Crippen molar-refractivity contribution in [2.24, 2.45) is 0 Å². The number of rotatable bonds is 1. The number of pyridine rings is 1. The summed E-state index contributed by atoms with van der Waals surface area (Å²) in [6.07, 6.45) is 3.95. The van der Waals surface area contributed by atoms with E-state index in [0.717, 1.165) is 30.1 Å². The molecule has 1 aliphatic rings. The Bertz CT molecular complexity index is 646. The molecule has 0 saturated carbocycles. The van der Waals surface area contributed by atoms with E-state index in [4.69, 9.17) is 16.6 Å². The molecule has 0 N–H and O–H groups in total. The number of hydrogen-bond acceptors (Lipinski definition) is 3. The van der Waals surface area contributed by atoms with Crippen LogP contribution in [0.4, 0.5) is 0 Å². The van der Waals surface area contributed by atoms with Crippen molar-refractivity contribution in [3.63, 3.8) is 0 Å². The van der Waals surface area contributed by atoms with E-state index in [1.807, 2.05) is 18.3 Å². The first-order chi connectivity index (χ1) is 9.45. The zero-order valence-electron chi connectivity index (χ0n) is 12.0. The van der Waals surface area contributed by atoms with Crippen LogP contribution in [0.2, 0.25) is 5.15 Å². The zero-order chi connectivity index (χ0) is 14.3. The number of nitrogens with zero attached hydrogens (tertiary/aromatic N) is 3. The summed E-state index contributed by atoms with van der Waals surface area (Å²) in [5.41, 5.74) is 3.35. The first kappa shape index (κ1) is 13.5. The minimum absolute atomic E-state index is 0.106. The van der Waals surface area contributed by atoms with Gasteiger partial charge in [0.15, 0.2) is 0 Å². The van der Waals surface area contributed by atoms with Crippen LogP contribution in [0.1, 0.15) is 55.9 Å². The number of aromatic nitrogens is 3. The van der Waals surface area contributed by atoms with Gasteiger partial charge in [0.25, 0.3) is 0 Å². The Hall–Kier alpha value is -1.48. The van der Waals surface area contributed by atoms with Crippen LogP contribution in [-0.4, -0.2) is 15.0 Å². The fraction of sp³-hybridized carbons (Fsp3) is 0.438. The minimum Gasteiger partial charge on any atom is -0.260 e. The van der Waals surface area contributed by atoms with E-state index in [2.05, 4.69) is 36.8 Å². The molecule has 4 heteroatoms. The molecule has 0 fully saturated rings. The molecule has 0 bridgehead atoms. The number of aryl methyl sites for hydroxylation is 1. The molecule has 1 atom stereocenters. The molecule has 2 aromatic heterocycles. The summed E-state index contributed by atoms with van der Waals surface area (Å²) in [4.78, 5) is 13.7. The van der Waals surface area contributed by atoms with Gasteiger partial charge in [0, 0.05) is 17.5 Å². The van der Waals surface area contributed by atoms with Crippen LogP contribution in [0, 0.1) is 0 Å². The molecule has 1 unspecified atom stereocenters. The normalized spacial score (nSPS) is 18.1. The van der Waals surface area contributed by atoms with Gasteiger partial charge in [-0.2, -0.15) is 0 Å². The molecule has 0 spiro atoms. The highest BCUT2D eigenvalue weighted by Gasteiger charge is 2.28. The van der Waals surface area contributed by atoms with Crippen molar-refractivity contribution >= 4 is 11.6 Å². The van der Waals surface area contributed by atoms with E-state index >= 15 is 0 Å². The predicted octanol–water partition coefficient (Wildman–Crippen LogP) is 3.90. The predicted molar refractivity (Wildman–Crippen MR) is 80.1 cm³/mol. The Balaban J connectivity index is 2.06. The summed E-state index contributed by atoms with van der Waals surface area (Å²) in [7, 11) is 0. The first-order valence-electron chi connectivity index (χ1n) is 6.94.